The van der Waals surface area contributed by atoms with E-state index in [1.165, 1.54) is 16.7 Å². The Hall–Kier alpha value is -1.67. The lowest BCUT2D eigenvalue weighted by Gasteiger charge is -2.17. The van der Waals surface area contributed by atoms with Gasteiger partial charge in [0, 0.05) is 5.39 Å². The van der Waals surface area contributed by atoms with Gasteiger partial charge in [0.2, 0.25) is 0 Å². The van der Waals surface area contributed by atoms with Crippen molar-refractivity contribution in [2.75, 3.05) is 0 Å². The molecule has 1 atom stereocenters. The molecule has 0 aliphatic carbocycles. The highest BCUT2D eigenvalue weighted by atomic mass is 79.9. The third-order valence-electron chi connectivity index (χ3n) is 3.89. The van der Waals surface area contributed by atoms with Gasteiger partial charge in [0.1, 0.15) is 5.82 Å². The highest BCUT2D eigenvalue weighted by molar-refractivity contribution is 9.09. The van der Waals surface area contributed by atoms with E-state index >= 15 is 0 Å². The molecule has 0 heterocycles. The van der Waals surface area contributed by atoms with Crippen molar-refractivity contribution < 1.29 is 4.39 Å². The molecule has 0 aliphatic rings. The highest BCUT2D eigenvalue weighted by Gasteiger charge is 2.16. The number of hydrogen-bond donors (Lipinski definition) is 0. The fraction of sp³-hybridized carbons (Fsp3) is 0.158. The van der Waals surface area contributed by atoms with Crippen molar-refractivity contribution in [1.82, 2.24) is 0 Å². The van der Waals surface area contributed by atoms with E-state index in [0.29, 0.717) is 5.39 Å². The first-order valence-electron chi connectivity index (χ1n) is 6.96. The van der Waals surface area contributed by atoms with E-state index < -0.39 is 0 Å². The molecule has 0 nitrogen and oxygen atoms in total. The van der Waals surface area contributed by atoms with E-state index in [0.717, 1.165) is 10.9 Å². The van der Waals surface area contributed by atoms with Gasteiger partial charge >= 0.3 is 0 Å². The monoisotopic (exact) mass is 342 g/mol. The Morgan fingerprint density at radius 1 is 0.857 bits per heavy atom. The molecule has 0 saturated heterocycles. The van der Waals surface area contributed by atoms with E-state index in [-0.39, 0.29) is 10.6 Å². The summed E-state index contributed by atoms with van der Waals surface area (Å²) in [6, 6.07) is 17.5. The van der Waals surface area contributed by atoms with Gasteiger partial charge in [0.15, 0.2) is 0 Å². The van der Waals surface area contributed by atoms with Crippen LogP contribution in [0.1, 0.15) is 27.1 Å². The summed E-state index contributed by atoms with van der Waals surface area (Å²) in [7, 11) is 0. The third-order valence-corrected chi connectivity index (χ3v) is 4.87. The van der Waals surface area contributed by atoms with Crippen LogP contribution in [0.15, 0.2) is 54.6 Å². The molecule has 0 N–H and O–H groups in total. The molecule has 0 fully saturated rings. The van der Waals surface area contributed by atoms with Crippen LogP contribution in [0.3, 0.4) is 0 Å². The Labute approximate surface area is 132 Å². The Bertz CT molecular complexity index is 808. The van der Waals surface area contributed by atoms with Gasteiger partial charge in [-0.25, -0.2) is 4.39 Å². The maximum absolute atomic E-state index is 14.0. The molecule has 0 amide bonds. The lowest BCUT2D eigenvalue weighted by Crippen LogP contribution is -1.98. The van der Waals surface area contributed by atoms with Crippen molar-refractivity contribution in [1.29, 1.82) is 0 Å². The molecular weight excluding hydrogens is 327 g/mol. The predicted octanol–water partition coefficient (Wildman–Crippen LogP) is 6.08. The second-order valence-electron chi connectivity index (χ2n) is 5.40. The molecule has 3 rings (SSSR count). The van der Waals surface area contributed by atoms with Crippen LogP contribution in [-0.2, 0) is 0 Å². The van der Waals surface area contributed by atoms with Gasteiger partial charge in [-0.15, -0.1) is 0 Å². The average molecular weight is 343 g/mol. The molecule has 0 radical (unpaired) electrons. The van der Waals surface area contributed by atoms with Gasteiger partial charge in [-0.2, -0.15) is 0 Å². The predicted molar refractivity (Wildman–Crippen MR) is 90.6 cm³/mol. The fourth-order valence-corrected chi connectivity index (χ4v) is 3.60. The Balaban J connectivity index is 2.20. The van der Waals surface area contributed by atoms with Gasteiger partial charge in [0.25, 0.3) is 0 Å². The molecule has 0 aliphatic heterocycles. The molecule has 0 saturated carbocycles. The molecule has 0 aromatic heterocycles. The smallest absolute Gasteiger partial charge is 0.131 e. The number of fused-ring (bicyclic) bond motifs is 1. The number of hydrogen-bond acceptors (Lipinski definition) is 0. The highest BCUT2D eigenvalue weighted by Crippen LogP contribution is 2.37. The molecule has 3 aromatic rings. The summed E-state index contributed by atoms with van der Waals surface area (Å²) in [4.78, 5) is 0.0582. The maximum atomic E-state index is 14.0. The topological polar surface area (TPSA) is 0 Å². The summed E-state index contributed by atoms with van der Waals surface area (Å²) < 4.78 is 14.0. The van der Waals surface area contributed by atoms with Gasteiger partial charge in [0.05, 0.1) is 4.83 Å². The molecule has 21 heavy (non-hydrogen) atoms. The number of rotatable bonds is 2. The summed E-state index contributed by atoms with van der Waals surface area (Å²) in [6.45, 7) is 4.19. The largest absolute Gasteiger partial charge is 0.206 e. The SMILES string of the molecule is Cc1ccc(C)c(C(Br)c2ccc(F)c3ccccc23)c1. The summed E-state index contributed by atoms with van der Waals surface area (Å²) in [5.41, 5.74) is 4.79. The van der Waals surface area contributed by atoms with E-state index in [4.69, 9.17) is 0 Å². The van der Waals surface area contributed by atoms with Crippen molar-refractivity contribution in [3.8, 4) is 0 Å². The second kappa shape index (κ2) is 5.61. The van der Waals surface area contributed by atoms with Crippen LogP contribution in [-0.4, -0.2) is 0 Å². The van der Waals surface area contributed by atoms with Gasteiger partial charge < -0.3 is 0 Å². The minimum Gasteiger partial charge on any atom is -0.206 e. The van der Waals surface area contributed by atoms with Crippen molar-refractivity contribution >= 4 is 26.7 Å². The number of benzene rings is 3. The van der Waals surface area contributed by atoms with E-state index in [1.807, 2.05) is 30.3 Å². The van der Waals surface area contributed by atoms with Gasteiger partial charge in [-0.05, 0) is 42.0 Å². The maximum Gasteiger partial charge on any atom is 0.131 e. The van der Waals surface area contributed by atoms with Gasteiger partial charge in [-0.1, -0.05) is 70.0 Å². The average Bonchev–Trinajstić information content (AvgIpc) is 2.50. The second-order valence-corrected chi connectivity index (χ2v) is 6.32. The lowest BCUT2D eigenvalue weighted by atomic mass is 9.95. The van der Waals surface area contributed by atoms with E-state index in [1.54, 1.807) is 6.07 Å². The zero-order valence-corrected chi connectivity index (χ0v) is 13.6. The first-order chi connectivity index (χ1) is 10.1. The quantitative estimate of drug-likeness (QED) is 0.495. The molecule has 106 valence electrons. The summed E-state index contributed by atoms with van der Waals surface area (Å²) in [5.74, 6) is -0.171. The first-order valence-corrected chi connectivity index (χ1v) is 7.88. The first kappa shape index (κ1) is 14.3. The molecular formula is C19H16BrF. The van der Waals surface area contributed by atoms with Crippen molar-refractivity contribution in [3.05, 3.63) is 82.7 Å². The summed E-state index contributed by atoms with van der Waals surface area (Å²) >= 11 is 3.80. The summed E-state index contributed by atoms with van der Waals surface area (Å²) in [5, 5.41) is 1.63. The Kier molecular flexibility index (Phi) is 3.81. The number of alkyl halides is 1. The number of aryl methyl sites for hydroxylation is 2. The molecule has 2 heteroatoms. The Morgan fingerprint density at radius 2 is 1.57 bits per heavy atom. The number of halogens is 2. The minimum absolute atomic E-state index is 0.0582. The van der Waals surface area contributed by atoms with Crippen LogP contribution in [0.25, 0.3) is 10.8 Å². The van der Waals surface area contributed by atoms with Gasteiger partial charge in [-0.3, -0.25) is 0 Å². The zero-order chi connectivity index (χ0) is 15.0. The lowest BCUT2D eigenvalue weighted by molar-refractivity contribution is 0.639. The molecule has 0 spiro atoms. The van der Waals surface area contributed by atoms with E-state index in [9.17, 15) is 4.39 Å². The normalized spacial score (nSPS) is 12.6. The van der Waals surface area contributed by atoms with Crippen LogP contribution in [0.2, 0.25) is 0 Å². The van der Waals surface area contributed by atoms with Crippen molar-refractivity contribution in [2.24, 2.45) is 0 Å². The van der Waals surface area contributed by atoms with Crippen LogP contribution in [0.4, 0.5) is 4.39 Å². The Morgan fingerprint density at radius 3 is 2.33 bits per heavy atom. The third kappa shape index (κ3) is 2.60. The molecule has 3 aromatic carbocycles. The van der Waals surface area contributed by atoms with Crippen molar-refractivity contribution in [3.63, 3.8) is 0 Å². The van der Waals surface area contributed by atoms with E-state index in [2.05, 4.69) is 48.0 Å². The minimum atomic E-state index is -0.171. The van der Waals surface area contributed by atoms with Crippen LogP contribution >= 0.6 is 15.9 Å². The standard InChI is InChI=1S/C19H16BrF/c1-12-7-8-13(2)17(11-12)19(20)16-9-10-18(21)15-6-4-3-5-14(15)16/h3-11,19H,1-2H3. The van der Waals surface area contributed by atoms with Crippen LogP contribution in [0.5, 0.6) is 0 Å². The molecule has 1 unspecified atom stereocenters. The van der Waals surface area contributed by atoms with Crippen molar-refractivity contribution in [2.45, 2.75) is 18.7 Å². The van der Waals surface area contributed by atoms with Crippen LogP contribution < -0.4 is 0 Å². The molecule has 0 bridgehead atoms. The fourth-order valence-electron chi connectivity index (χ4n) is 2.71. The van der Waals surface area contributed by atoms with Crippen LogP contribution in [0, 0.1) is 19.7 Å². The zero-order valence-electron chi connectivity index (χ0n) is 12.0. The summed E-state index contributed by atoms with van der Waals surface area (Å²) in [6.07, 6.45) is 0.